The minimum absolute atomic E-state index is 0.145. The van der Waals surface area contributed by atoms with Gasteiger partial charge in [-0.1, -0.05) is 22.9 Å². The van der Waals surface area contributed by atoms with Crippen LogP contribution in [0.15, 0.2) is 40.5 Å². The first-order valence-corrected chi connectivity index (χ1v) is 7.80. The van der Waals surface area contributed by atoms with Crippen LogP contribution in [-0.2, 0) is 4.79 Å². The fourth-order valence-corrected chi connectivity index (χ4v) is 2.66. The summed E-state index contributed by atoms with van der Waals surface area (Å²) in [5, 5.41) is 11.9. The normalized spacial score (nSPS) is 19.0. The van der Waals surface area contributed by atoms with Crippen molar-refractivity contribution in [3.05, 3.63) is 40.5 Å². The molecule has 1 aromatic rings. The molecule has 1 unspecified atom stereocenters. The molecule has 1 N–H and O–H groups in total. The van der Waals surface area contributed by atoms with Crippen molar-refractivity contribution in [3.63, 3.8) is 0 Å². The summed E-state index contributed by atoms with van der Waals surface area (Å²) in [6.07, 6.45) is 3.99. The Bertz CT molecular complexity index is 574. The highest BCUT2D eigenvalue weighted by Crippen LogP contribution is 2.18. The maximum atomic E-state index is 12.1. The molecule has 0 radical (unpaired) electrons. The van der Waals surface area contributed by atoms with Crippen molar-refractivity contribution in [2.45, 2.75) is 19.8 Å². The zero-order valence-corrected chi connectivity index (χ0v) is 13.6. The molecule has 2 rings (SSSR count). The summed E-state index contributed by atoms with van der Waals surface area (Å²) in [6.45, 7) is 3.99. The molecular weight excluding hydrogens is 330 g/mol. The van der Waals surface area contributed by atoms with Gasteiger partial charge in [0.25, 0.3) is 5.91 Å². The predicted octanol–water partition coefficient (Wildman–Crippen LogP) is 3.53. The molecule has 0 aliphatic carbocycles. The van der Waals surface area contributed by atoms with Gasteiger partial charge in [-0.05, 0) is 43.0 Å². The van der Waals surface area contributed by atoms with E-state index in [4.69, 9.17) is 0 Å². The van der Waals surface area contributed by atoms with E-state index in [0.717, 1.165) is 24.0 Å². The van der Waals surface area contributed by atoms with E-state index in [2.05, 4.69) is 33.1 Å². The highest BCUT2D eigenvalue weighted by atomic mass is 79.9. The van der Waals surface area contributed by atoms with Crippen LogP contribution in [0.4, 0.5) is 5.69 Å². The van der Waals surface area contributed by atoms with Crippen LogP contribution in [0.25, 0.3) is 0 Å². The molecule has 0 bridgehead atoms. The van der Waals surface area contributed by atoms with Crippen LogP contribution in [0.5, 0.6) is 0 Å². The molecule has 1 heterocycles. The molecule has 5 heteroatoms. The van der Waals surface area contributed by atoms with Gasteiger partial charge in [0.1, 0.15) is 11.6 Å². The molecule has 0 saturated carbocycles. The Labute approximate surface area is 133 Å². The second-order valence-electron chi connectivity index (χ2n) is 5.36. The van der Waals surface area contributed by atoms with E-state index in [1.165, 1.54) is 6.42 Å². The number of nitrogens with one attached hydrogen (secondary N) is 1. The summed E-state index contributed by atoms with van der Waals surface area (Å²) in [7, 11) is 0. The van der Waals surface area contributed by atoms with Crippen LogP contribution in [-0.4, -0.2) is 23.9 Å². The zero-order chi connectivity index (χ0) is 15.2. The second kappa shape index (κ2) is 7.28. The zero-order valence-electron chi connectivity index (χ0n) is 12.0. The number of piperidine rings is 1. The number of rotatable bonds is 3. The molecule has 1 fully saturated rings. The first-order valence-electron chi connectivity index (χ1n) is 7.01. The van der Waals surface area contributed by atoms with Crippen molar-refractivity contribution in [2.75, 3.05) is 18.4 Å². The highest BCUT2D eigenvalue weighted by molar-refractivity contribution is 9.10. The number of carbonyl (C=O) groups is 1. The molecular formula is C16H18BrN3O. The van der Waals surface area contributed by atoms with E-state index in [0.29, 0.717) is 11.6 Å². The molecule has 0 aromatic heterocycles. The van der Waals surface area contributed by atoms with Gasteiger partial charge in [-0.2, -0.15) is 5.26 Å². The molecule has 1 aliphatic rings. The Hall–Kier alpha value is -1.80. The van der Waals surface area contributed by atoms with Crippen LogP contribution in [0, 0.1) is 17.2 Å². The molecule has 0 spiro atoms. The Morgan fingerprint density at radius 3 is 2.81 bits per heavy atom. The average molecular weight is 348 g/mol. The standard InChI is InChI=1S/C16H18BrN3O/c1-12-3-2-8-20(10-12)11-13(9-18)16(21)19-15-6-4-14(17)5-7-15/h4-7,11-12H,2-3,8,10H2,1H3,(H,19,21)/b13-11-. The van der Waals surface area contributed by atoms with E-state index < -0.39 is 0 Å². The van der Waals surface area contributed by atoms with Crippen LogP contribution < -0.4 is 5.32 Å². The van der Waals surface area contributed by atoms with Gasteiger partial charge in [0.2, 0.25) is 0 Å². The Morgan fingerprint density at radius 1 is 1.48 bits per heavy atom. The number of hydrogen-bond donors (Lipinski definition) is 1. The van der Waals surface area contributed by atoms with Crippen molar-refractivity contribution >= 4 is 27.5 Å². The number of halogens is 1. The minimum atomic E-state index is -0.363. The summed E-state index contributed by atoms with van der Waals surface area (Å²) < 4.78 is 0.943. The van der Waals surface area contributed by atoms with Crippen LogP contribution in [0.3, 0.4) is 0 Å². The number of amides is 1. The van der Waals surface area contributed by atoms with Gasteiger partial charge in [0, 0.05) is 29.4 Å². The summed E-state index contributed by atoms with van der Waals surface area (Å²) in [4.78, 5) is 14.2. The van der Waals surface area contributed by atoms with Crippen molar-refractivity contribution < 1.29 is 4.79 Å². The Morgan fingerprint density at radius 2 is 2.19 bits per heavy atom. The number of benzene rings is 1. The van der Waals surface area contributed by atoms with E-state index in [9.17, 15) is 10.1 Å². The lowest BCUT2D eigenvalue weighted by Gasteiger charge is -2.29. The van der Waals surface area contributed by atoms with Crippen LogP contribution >= 0.6 is 15.9 Å². The largest absolute Gasteiger partial charge is 0.376 e. The molecule has 1 aromatic carbocycles. The number of hydrogen-bond acceptors (Lipinski definition) is 3. The van der Waals surface area contributed by atoms with Crippen molar-refractivity contribution in [3.8, 4) is 6.07 Å². The van der Waals surface area contributed by atoms with Crippen molar-refractivity contribution in [1.82, 2.24) is 4.90 Å². The number of nitriles is 1. The molecule has 1 saturated heterocycles. The summed E-state index contributed by atoms with van der Waals surface area (Å²) in [5.41, 5.74) is 0.823. The van der Waals surface area contributed by atoms with Crippen LogP contribution in [0.1, 0.15) is 19.8 Å². The number of anilines is 1. The van der Waals surface area contributed by atoms with Crippen molar-refractivity contribution in [2.24, 2.45) is 5.92 Å². The van der Waals surface area contributed by atoms with Gasteiger partial charge < -0.3 is 10.2 Å². The molecule has 4 nitrogen and oxygen atoms in total. The van der Waals surface area contributed by atoms with Crippen molar-refractivity contribution in [1.29, 1.82) is 5.26 Å². The quantitative estimate of drug-likeness (QED) is 0.672. The Kier molecular flexibility index (Phi) is 5.40. The predicted molar refractivity (Wildman–Crippen MR) is 86.4 cm³/mol. The van der Waals surface area contributed by atoms with E-state index in [1.807, 2.05) is 18.2 Å². The molecule has 1 aliphatic heterocycles. The lowest BCUT2D eigenvalue weighted by molar-refractivity contribution is -0.112. The van der Waals surface area contributed by atoms with Gasteiger partial charge in [0.15, 0.2) is 0 Å². The fraction of sp³-hybridized carbons (Fsp3) is 0.375. The maximum absolute atomic E-state index is 12.1. The van der Waals surface area contributed by atoms with Gasteiger partial charge >= 0.3 is 0 Å². The van der Waals surface area contributed by atoms with Gasteiger partial charge in [0.05, 0.1) is 0 Å². The van der Waals surface area contributed by atoms with Gasteiger partial charge in [-0.25, -0.2) is 0 Å². The third-order valence-electron chi connectivity index (χ3n) is 3.47. The maximum Gasteiger partial charge on any atom is 0.267 e. The number of carbonyl (C=O) groups excluding carboxylic acids is 1. The second-order valence-corrected chi connectivity index (χ2v) is 6.27. The Balaban J connectivity index is 2.04. The molecule has 21 heavy (non-hydrogen) atoms. The summed E-state index contributed by atoms with van der Waals surface area (Å²) in [6, 6.07) is 9.27. The lowest BCUT2D eigenvalue weighted by atomic mass is 10.0. The summed E-state index contributed by atoms with van der Waals surface area (Å²) in [5.74, 6) is 0.238. The van der Waals surface area contributed by atoms with Gasteiger partial charge in [-0.15, -0.1) is 0 Å². The SMILES string of the molecule is CC1CCCN(/C=C(/C#N)C(=O)Nc2ccc(Br)cc2)C1. The smallest absolute Gasteiger partial charge is 0.267 e. The first kappa shape index (κ1) is 15.6. The third-order valence-corrected chi connectivity index (χ3v) is 4.00. The number of nitrogens with zero attached hydrogens (tertiary/aromatic N) is 2. The minimum Gasteiger partial charge on any atom is -0.376 e. The van der Waals surface area contributed by atoms with Gasteiger partial charge in [-0.3, -0.25) is 4.79 Å². The third kappa shape index (κ3) is 4.61. The fourth-order valence-electron chi connectivity index (χ4n) is 2.40. The monoisotopic (exact) mass is 347 g/mol. The average Bonchev–Trinajstić information content (AvgIpc) is 2.47. The summed E-state index contributed by atoms with van der Waals surface area (Å²) >= 11 is 3.34. The van der Waals surface area contributed by atoms with Crippen LogP contribution in [0.2, 0.25) is 0 Å². The van der Waals surface area contributed by atoms with E-state index >= 15 is 0 Å². The topological polar surface area (TPSA) is 56.1 Å². The number of likely N-dealkylation sites (tertiary alicyclic amines) is 1. The molecule has 1 atom stereocenters. The molecule has 1 amide bonds. The highest BCUT2D eigenvalue weighted by Gasteiger charge is 2.16. The van der Waals surface area contributed by atoms with E-state index in [-0.39, 0.29) is 11.5 Å². The first-order chi connectivity index (χ1) is 10.1. The lowest BCUT2D eigenvalue weighted by Crippen LogP contribution is -2.31. The molecule has 110 valence electrons. The van der Waals surface area contributed by atoms with E-state index in [1.54, 1.807) is 18.3 Å².